The van der Waals surface area contributed by atoms with Gasteiger partial charge in [0.1, 0.15) is 5.82 Å². The lowest BCUT2D eigenvalue weighted by Gasteiger charge is -2.17. The molecule has 1 saturated heterocycles. The molecule has 1 aromatic rings. The first-order valence-electron chi connectivity index (χ1n) is 5.77. The first kappa shape index (κ1) is 12.0. The number of aromatic carboxylic acids is 1. The number of carboxylic acid groups (broad SMARTS) is 1. The third-order valence-corrected chi connectivity index (χ3v) is 3.21. The maximum atomic E-state index is 13.4. The van der Waals surface area contributed by atoms with Crippen LogP contribution in [0.1, 0.15) is 41.6 Å². The van der Waals surface area contributed by atoms with E-state index in [1.165, 1.54) is 6.07 Å². The molecule has 2 rings (SSSR count). The van der Waals surface area contributed by atoms with Crippen LogP contribution < -0.4 is 0 Å². The van der Waals surface area contributed by atoms with Crippen molar-refractivity contribution in [1.82, 2.24) is 0 Å². The molecule has 0 aromatic heterocycles. The zero-order valence-corrected chi connectivity index (χ0v) is 9.65. The maximum Gasteiger partial charge on any atom is 0.335 e. The summed E-state index contributed by atoms with van der Waals surface area (Å²) in [5.41, 5.74) is 0.730. The molecule has 1 fully saturated rings. The number of benzene rings is 1. The molecule has 0 radical (unpaired) electrons. The number of hydrogen-bond donors (Lipinski definition) is 1. The summed E-state index contributed by atoms with van der Waals surface area (Å²) in [5, 5.41) is 8.90. The molecule has 3 nitrogen and oxygen atoms in total. The third-order valence-electron chi connectivity index (χ3n) is 3.21. The molecule has 4 heteroatoms. The van der Waals surface area contributed by atoms with Crippen LogP contribution in [0.3, 0.4) is 0 Å². The average molecular weight is 238 g/mol. The summed E-state index contributed by atoms with van der Waals surface area (Å²) < 4.78 is 18.9. The molecular weight excluding hydrogens is 223 g/mol. The van der Waals surface area contributed by atoms with Crippen molar-refractivity contribution in [3.05, 3.63) is 35.1 Å². The molecule has 0 amide bonds. The minimum atomic E-state index is -1.10. The standard InChI is InChI=1S/C13H15FO3/c1-2-12-11(3-4-17-12)8-5-9(13(15)16)7-10(14)6-8/h5-7,11-12H,2-4H2,1H3,(H,15,16)/t11-,12+/m1/s1. The average Bonchev–Trinajstić information content (AvgIpc) is 2.76. The van der Waals surface area contributed by atoms with Gasteiger partial charge in [-0.15, -0.1) is 0 Å². The summed E-state index contributed by atoms with van der Waals surface area (Å²) in [5.74, 6) is -1.49. The molecule has 1 aliphatic rings. The van der Waals surface area contributed by atoms with Crippen molar-refractivity contribution in [2.75, 3.05) is 6.61 Å². The Balaban J connectivity index is 2.34. The molecule has 0 saturated carbocycles. The Labute approximate surface area is 99.2 Å². The highest BCUT2D eigenvalue weighted by molar-refractivity contribution is 5.87. The van der Waals surface area contributed by atoms with Gasteiger partial charge in [0, 0.05) is 12.5 Å². The van der Waals surface area contributed by atoms with Crippen molar-refractivity contribution in [3.63, 3.8) is 0 Å². The Hall–Kier alpha value is -1.42. The molecule has 1 aromatic carbocycles. The van der Waals surface area contributed by atoms with Crippen LogP contribution in [-0.2, 0) is 4.74 Å². The molecule has 1 heterocycles. The van der Waals surface area contributed by atoms with Gasteiger partial charge in [0.2, 0.25) is 0 Å². The normalized spacial score (nSPS) is 23.9. The quantitative estimate of drug-likeness (QED) is 0.880. The minimum absolute atomic E-state index is 0.00162. The van der Waals surface area contributed by atoms with E-state index in [9.17, 15) is 9.18 Å². The fourth-order valence-corrected chi connectivity index (χ4v) is 2.38. The smallest absolute Gasteiger partial charge is 0.335 e. The van der Waals surface area contributed by atoms with Gasteiger partial charge in [-0.1, -0.05) is 6.92 Å². The van der Waals surface area contributed by atoms with E-state index in [1.807, 2.05) is 6.92 Å². The van der Waals surface area contributed by atoms with Gasteiger partial charge in [0.25, 0.3) is 0 Å². The first-order valence-corrected chi connectivity index (χ1v) is 5.77. The van der Waals surface area contributed by atoms with Crippen LogP contribution in [0.25, 0.3) is 0 Å². The number of hydrogen-bond acceptors (Lipinski definition) is 2. The maximum absolute atomic E-state index is 13.4. The number of rotatable bonds is 3. The van der Waals surface area contributed by atoms with Gasteiger partial charge < -0.3 is 9.84 Å². The molecule has 2 atom stereocenters. The number of halogens is 1. The second-order valence-electron chi connectivity index (χ2n) is 4.29. The largest absolute Gasteiger partial charge is 0.478 e. The van der Waals surface area contributed by atoms with Gasteiger partial charge in [-0.2, -0.15) is 0 Å². The van der Waals surface area contributed by atoms with E-state index in [4.69, 9.17) is 9.84 Å². The second kappa shape index (κ2) is 4.84. The predicted molar refractivity (Wildman–Crippen MR) is 60.7 cm³/mol. The SMILES string of the molecule is CC[C@@H]1OCC[C@@H]1c1cc(F)cc(C(=O)O)c1. The molecule has 92 valence electrons. The summed E-state index contributed by atoms with van der Waals surface area (Å²) in [4.78, 5) is 10.9. The number of carbonyl (C=O) groups is 1. The fraction of sp³-hybridized carbons (Fsp3) is 0.462. The highest BCUT2D eigenvalue weighted by Crippen LogP contribution is 2.33. The monoisotopic (exact) mass is 238 g/mol. The number of carboxylic acids is 1. The van der Waals surface area contributed by atoms with Gasteiger partial charge in [0.15, 0.2) is 0 Å². The fourth-order valence-electron chi connectivity index (χ4n) is 2.38. The van der Waals surface area contributed by atoms with E-state index in [1.54, 1.807) is 6.07 Å². The van der Waals surface area contributed by atoms with E-state index in [2.05, 4.69) is 0 Å². The Bertz CT molecular complexity index is 431. The Kier molecular flexibility index (Phi) is 3.43. The Morgan fingerprint density at radius 2 is 2.29 bits per heavy atom. The van der Waals surface area contributed by atoms with Crippen LogP contribution in [0, 0.1) is 5.82 Å². The van der Waals surface area contributed by atoms with E-state index < -0.39 is 11.8 Å². The summed E-state index contributed by atoms with van der Waals surface area (Å²) in [6.45, 7) is 2.67. The molecule has 0 spiro atoms. The lowest BCUT2D eigenvalue weighted by atomic mass is 9.90. The Morgan fingerprint density at radius 3 is 2.94 bits per heavy atom. The lowest BCUT2D eigenvalue weighted by molar-refractivity contribution is 0.0695. The van der Waals surface area contributed by atoms with Crippen LogP contribution in [0.2, 0.25) is 0 Å². The lowest BCUT2D eigenvalue weighted by Crippen LogP contribution is -2.13. The summed E-state index contributed by atoms with van der Waals surface area (Å²) in [7, 11) is 0. The van der Waals surface area contributed by atoms with Crippen molar-refractivity contribution in [3.8, 4) is 0 Å². The van der Waals surface area contributed by atoms with Gasteiger partial charge in [-0.3, -0.25) is 0 Å². The molecule has 0 bridgehead atoms. The molecule has 1 N–H and O–H groups in total. The van der Waals surface area contributed by atoms with Crippen LogP contribution in [-0.4, -0.2) is 23.8 Å². The molecular formula is C13H15FO3. The van der Waals surface area contributed by atoms with Crippen LogP contribution in [0.4, 0.5) is 4.39 Å². The zero-order chi connectivity index (χ0) is 12.4. The van der Waals surface area contributed by atoms with Crippen LogP contribution in [0.15, 0.2) is 18.2 Å². The number of ether oxygens (including phenoxy) is 1. The minimum Gasteiger partial charge on any atom is -0.478 e. The highest BCUT2D eigenvalue weighted by atomic mass is 19.1. The Morgan fingerprint density at radius 1 is 1.53 bits per heavy atom. The topological polar surface area (TPSA) is 46.5 Å². The van der Waals surface area contributed by atoms with Crippen LogP contribution >= 0.6 is 0 Å². The molecule has 0 aliphatic carbocycles. The second-order valence-corrected chi connectivity index (χ2v) is 4.29. The van der Waals surface area contributed by atoms with Crippen molar-refractivity contribution in [2.45, 2.75) is 31.8 Å². The van der Waals surface area contributed by atoms with Gasteiger partial charge in [0.05, 0.1) is 11.7 Å². The van der Waals surface area contributed by atoms with Crippen molar-refractivity contribution in [1.29, 1.82) is 0 Å². The van der Waals surface area contributed by atoms with Gasteiger partial charge in [-0.05, 0) is 36.6 Å². The van der Waals surface area contributed by atoms with E-state index in [-0.39, 0.29) is 17.6 Å². The van der Waals surface area contributed by atoms with Gasteiger partial charge >= 0.3 is 5.97 Å². The molecule has 0 unspecified atom stereocenters. The molecule has 17 heavy (non-hydrogen) atoms. The van der Waals surface area contributed by atoms with Gasteiger partial charge in [-0.25, -0.2) is 9.18 Å². The van der Waals surface area contributed by atoms with E-state index >= 15 is 0 Å². The van der Waals surface area contributed by atoms with Crippen molar-refractivity contribution >= 4 is 5.97 Å². The predicted octanol–water partition coefficient (Wildman–Crippen LogP) is 2.81. The van der Waals surface area contributed by atoms with E-state index in [0.717, 1.165) is 24.5 Å². The van der Waals surface area contributed by atoms with Crippen molar-refractivity contribution in [2.24, 2.45) is 0 Å². The van der Waals surface area contributed by atoms with Crippen LogP contribution in [0.5, 0.6) is 0 Å². The van der Waals surface area contributed by atoms with E-state index in [0.29, 0.717) is 6.61 Å². The zero-order valence-electron chi connectivity index (χ0n) is 9.65. The summed E-state index contributed by atoms with van der Waals surface area (Å²) in [6.07, 6.45) is 1.74. The third kappa shape index (κ3) is 2.47. The van der Waals surface area contributed by atoms with Crippen molar-refractivity contribution < 1.29 is 19.0 Å². The summed E-state index contributed by atoms with van der Waals surface area (Å²) >= 11 is 0. The highest BCUT2D eigenvalue weighted by Gasteiger charge is 2.29. The first-order chi connectivity index (χ1) is 8.11. The molecule has 1 aliphatic heterocycles. The summed E-state index contributed by atoms with van der Waals surface area (Å²) in [6, 6.07) is 4.00.